The molecule has 2 aliphatic rings. The highest BCUT2D eigenvalue weighted by atomic mass is 32.1. The molecular formula is C45H44N8O6S. The summed E-state index contributed by atoms with van der Waals surface area (Å²) in [5.74, 6) is -0.651. The summed E-state index contributed by atoms with van der Waals surface area (Å²) in [6, 6.07) is 23.2. The molecule has 6 heterocycles. The van der Waals surface area contributed by atoms with E-state index >= 15 is 0 Å². The fourth-order valence-electron chi connectivity index (χ4n) is 8.27. The maximum Gasteiger partial charge on any atom is 0.253 e. The Balaban J connectivity index is 0.865. The average Bonchev–Trinajstić information content (AvgIpc) is 4.05. The van der Waals surface area contributed by atoms with Gasteiger partial charge in [0, 0.05) is 72.0 Å². The van der Waals surface area contributed by atoms with Crippen LogP contribution in [0.4, 0.5) is 0 Å². The zero-order valence-electron chi connectivity index (χ0n) is 33.5. The second kappa shape index (κ2) is 15.3. The Kier molecular flexibility index (Phi) is 9.95. The fourth-order valence-corrected chi connectivity index (χ4v) is 9.08. The Hall–Kier alpha value is -6.45. The Morgan fingerprint density at radius 2 is 1.78 bits per heavy atom. The number of aliphatic hydroxyl groups excluding tert-OH is 1. The quantitative estimate of drug-likeness (QED) is 0.121. The number of aliphatic hydroxyl groups is 1. The number of thiazole rings is 1. The minimum Gasteiger partial charge on any atom is -0.507 e. The summed E-state index contributed by atoms with van der Waals surface area (Å²) in [6.07, 6.45) is -0.720. The molecule has 3 atom stereocenters. The molecule has 1 unspecified atom stereocenters. The molecule has 2 saturated heterocycles. The number of aryl methyl sites for hydroxylation is 1. The van der Waals surface area contributed by atoms with Crippen LogP contribution in [-0.4, -0.2) is 94.8 Å². The summed E-state index contributed by atoms with van der Waals surface area (Å²) in [7, 11) is 0. The van der Waals surface area contributed by atoms with Gasteiger partial charge in [0.25, 0.3) is 5.91 Å². The molecule has 15 heteroatoms. The minimum atomic E-state index is -1.18. The molecule has 9 rings (SSSR count). The van der Waals surface area contributed by atoms with E-state index in [1.807, 2.05) is 74.8 Å². The predicted molar refractivity (Wildman–Crippen MR) is 226 cm³/mol. The number of para-hydroxylation sites is 1. The van der Waals surface area contributed by atoms with E-state index in [4.69, 9.17) is 4.52 Å². The third kappa shape index (κ3) is 6.86. The zero-order chi connectivity index (χ0) is 41.9. The number of aromatic amines is 1. The van der Waals surface area contributed by atoms with E-state index < -0.39 is 17.6 Å². The molecule has 60 heavy (non-hydrogen) atoms. The molecule has 7 aromatic rings. The summed E-state index contributed by atoms with van der Waals surface area (Å²) < 4.78 is 5.91. The normalized spacial score (nSPS) is 18.0. The summed E-state index contributed by atoms with van der Waals surface area (Å²) in [5.41, 5.74) is 7.21. The Morgan fingerprint density at radius 1 is 1.00 bits per heavy atom. The summed E-state index contributed by atoms with van der Waals surface area (Å²) in [4.78, 5) is 53.8. The van der Waals surface area contributed by atoms with Gasteiger partial charge in [-0.3, -0.25) is 14.4 Å². The molecule has 0 aliphatic carbocycles. The Morgan fingerprint density at radius 3 is 2.52 bits per heavy atom. The number of carbonyl (C=O) groups excluding carboxylic acids is 3. The van der Waals surface area contributed by atoms with E-state index in [1.165, 1.54) is 4.90 Å². The van der Waals surface area contributed by atoms with Crippen LogP contribution in [0.2, 0.25) is 0 Å². The smallest absolute Gasteiger partial charge is 0.253 e. The number of hydrogen-bond donors (Lipinski definition) is 4. The van der Waals surface area contributed by atoms with Crippen LogP contribution in [0.3, 0.4) is 0 Å². The van der Waals surface area contributed by atoms with Crippen LogP contribution in [0.25, 0.3) is 43.6 Å². The summed E-state index contributed by atoms with van der Waals surface area (Å²) in [6.45, 7) is 8.75. The molecule has 306 valence electrons. The van der Waals surface area contributed by atoms with Crippen molar-refractivity contribution in [3.63, 3.8) is 0 Å². The van der Waals surface area contributed by atoms with E-state index in [9.17, 15) is 24.6 Å². The number of nitrogens with one attached hydrogen (secondary N) is 2. The largest absolute Gasteiger partial charge is 0.507 e. The maximum atomic E-state index is 14.5. The predicted octanol–water partition coefficient (Wildman–Crippen LogP) is 6.34. The molecule has 0 saturated carbocycles. The lowest BCUT2D eigenvalue weighted by Gasteiger charge is -2.38. The topological polar surface area (TPSA) is 191 Å². The first-order chi connectivity index (χ1) is 28.9. The number of aromatic hydroxyl groups is 1. The van der Waals surface area contributed by atoms with Gasteiger partial charge in [-0.15, -0.1) is 21.5 Å². The van der Waals surface area contributed by atoms with Gasteiger partial charge in [0.1, 0.15) is 17.2 Å². The van der Waals surface area contributed by atoms with Gasteiger partial charge in [-0.05, 0) is 67.3 Å². The number of H-pyrrole nitrogens is 1. The molecule has 14 nitrogen and oxygen atoms in total. The fraction of sp³-hybridized carbons (Fsp3) is 0.311. The van der Waals surface area contributed by atoms with E-state index in [2.05, 4.69) is 30.6 Å². The average molecular weight is 825 g/mol. The standard InChI is InChI=1S/C45H44N8O6S/c1-24(2)45(4,44(58)53-22-30(54)16-37(53)42(56)46-19-26-9-11-27(12-10-26)40-25(3)47-23-60-40)39-18-35(51-59-39)29-20-52(21-29)43(57)28-13-14-34-32(15-28)33-17-36(49-50-41(33)48-34)31-7-5-6-8-38(31)55/h5-15,17-18,23-24,29-30,37,54-55H,16,19-22H2,1-4H3,(H,46,56)(H,48,50)/t30-,37+,45?/m1/s1. The monoisotopic (exact) mass is 824 g/mol. The first kappa shape index (κ1) is 39.0. The molecular weight excluding hydrogens is 781 g/mol. The van der Waals surface area contributed by atoms with Crippen LogP contribution in [0.5, 0.6) is 5.75 Å². The van der Waals surface area contributed by atoms with E-state index in [-0.39, 0.29) is 54.8 Å². The lowest BCUT2D eigenvalue weighted by Crippen LogP contribution is -2.53. The Bertz CT molecular complexity index is 2770. The number of rotatable bonds is 10. The number of amides is 3. The molecule has 3 amide bonds. The first-order valence-electron chi connectivity index (χ1n) is 20.0. The van der Waals surface area contributed by atoms with Crippen molar-refractivity contribution in [1.82, 2.24) is 40.4 Å². The van der Waals surface area contributed by atoms with Gasteiger partial charge in [0.2, 0.25) is 11.8 Å². The number of carbonyl (C=O) groups is 3. The third-order valence-electron chi connectivity index (χ3n) is 12.3. The van der Waals surface area contributed by atoms with Crippen molar-refractivity contribution in [2.45, 2.75) is 64.1 Å². The van der Waals surface area contributed by atoms with E-state index in [0.717, 1.165) is 38.0 Å². The summed E-state index contributed by atoms with van der Waals surface area (Å²) in [5, 5.41) is 38.7. The minimum absolute atomic E-state index is 0.0261. The van der Waals surface area contributed by atoms with Crippen molar-refractivity contribution in [3.8, 4) is 27.4 Å². The number of benzene rings is 3. The highest BCUT2D eigenvalue weighted by Crippen LogP contribution is 2.39. The summed E-state index contributed by atoms with van der Waals surface area (Å²) >= 11 is 1.58. The van der Waals surface area contributed by atoms with E-state index in [1.54, 1.807) is 53.5 Å². The molecule has 4 aromatic heterocycles. The van der Waals surface area contributed by atoms with Crippen LogP contribution >= 0.6 is 11.3 Å². The van der Waals surface area contributed by atoms with Gasteiger partial charge < -0.3 is 34.8 Å². The van der Waals surface area contributed by atoms with Gasteiger partial charge in [-0.2, -0.15) is 0 Å². The maximum absolute atomic E-state index is 14.5. The number of aromatic nitrogens is 5. The van der Waals surface area contributed by atoms with Gasteiger partial charge in [-0.1, -0.05) is 55.4 Å². The molecule has 2 aliphatic heterocycles. The molecule has 0 bridgehead atoms. The van der Waals surface area contributed by atoms with E-state index in [0.29, 0.717) is 47.0 Å². The second-order valence-corrected chi connectivity index (χ2v) is 17.2. The van der Waals surface area contributed by atoms with Crippen LogP contribution in [0.15, 0.2) is 88.9 Å². The van der Waals surface area contributed by atoms with Crippen molar-refractivity contribution in [2.75, 3.05) is 19.6 Å². The lowest BCUT2D eigenvalue weighted by atomic mass is 9.75. The van der Waals surface area contributed by atoms with Gasteiger partial charge in [-0.25, -0.2) is 4.98 Å². The van der Waals surface area contributed by atoms with Gasteiger partial charge in [0.05, 0.1) is 33.6 Å². The molecule has 0 radical (unpaired) electrons. The Labute approximate surface area is 349 Å². The number of β-amino-alcohol motifs (C(OH)–C–C–N with tert-alkyl or cyclic N) is 1. The first-order valence-corrected chi connectivity index (χ1v) is 20.9. The third-order valence-corrected chi connectivity index (χ3v) is 13.3. The highest BCUT2D eigenvalue weighted by molar-refractivity contribution is 7.13. The number of hydrogen-bond acceptors (Lipinski definition) is 11. The van der Waals surface area contributed by atoms with Crippen LogP contribution in [-0.2, 0) is 21.5 Å². The highest BCUT2D eigenvalue weighted by Gasteiger charge is 2.50. The molecule has 0 spiro atoms. The van der Waals surface area contributed by atoms with Crippen molar-refractivity contribution in [1.29, 1.82) is 0 Å². The molecule has 4 N–H and O–H groups in total. The number of phenols is 1. The zero-order valence-corrected chi connectivity index (χ0v) is 34.4. The number of phenolic OH excluding ortho intramolecular Hbond substituents is 1. The lowest BCUT2D eigenvalue weighted by molar-refractivity contribution is -0.145. The second-order valence-electron chi connectivity index (χ2n) is 16.3. The number of nitrogens with zero attached hydrogens (tertiary/aromatic N) is 6. The van der Waals surface area contributed by atoms with Crippen molar-refractivity contribution in [2.24, 2.45) is 5.92 Å². The van der Waals surface area contributed by atoms with Crippen molar-refractivity contribution >= 4 is 51.0 Å². The van der Waals surface area contributed by atoms with Crippen LogP contribution < -0.4 is 5.32 Å². The molecule has 3 aromatic carbocycles. The van der Waals surface area contributed by atoms with Gasteiger partial charge >= 0.3 is 0 Å². The van der Waals surface area contributed by atoms with Crippen LogP contribution in [0, 0.1) is 12.8 Å². The van der Waals surface area contributed by atoms with Crippen molar-refractivity contribution in [3.05, 3.63) is 113 Å². The van der Waals surface area contributed by atoms with Crippen LogP contribution in [0.1, 0.15) is 66.2 Å². The van der Waals surface area contributed by atoms with Crippen molar-refractivity contribution < 1.29 is 29.1 Å². The number of likely N-dealkylation sites (tertiary alicyclic amines) is 2. The van der Waals surface area contributed by atoms with Gasteiger partial charge in [0.15, 0.2) is 11.4 Å². The SMILES string of the molecule is Cc1ncsc1-c1ccc(CNC(=O)[C@@H]2C[C@@H](O)CN2C(=O)C(C)(c2cc(C3CN(C(=O)c4ccc5[nH]c6nnc(-c7ccccc7O)cc6c5c4)C3)no2)C(C)C)cc1. The molecule has 2 fully saturated rings. The number of fused-ring (bicyclic) bond motifs is 3.